The van der Waals surface area contributed by atoms with Crippen LogP contribution in [0.5, 0.6) is 0 Å². The molecular formula is C25H29NOS. The summed E-state index contributed by atoms with van der Waals surface area (Å²) in [5, 5.41) is 4.59. The van der Waals surface area contributed by atoms with Gasteiger partial charge in [0.1, 0.15) is 0 Å². The molecule has 1 amide bonds. The van der Waals surface area contributed by atoms with E-state index in [0.717, 1.165) is 24.1 Å². The number of rotatable bonds is 4. The highest BCUT2D eigenvalue weighted by molar-refractivity contribution is 7.21. The molecule has 1 aromatic heterocycles. The van der Waals surface area contributed by atoms with Crippen molar-refractivity contribution in [2.24, 2.45) is 0 Å². The molecule has 0 atom stereocenters. The van der Waals surface area contributed by atoms with E-state index in [2.05, 4.69) is 60.8 Å². The monoisotopic (exact) mass is 391 g/mol. The predicted molar refractivity (Wildman–Crippen MR) is 119 cm³/mol. The molecule has 0 aliphatic heterocycles. The van der Waals surface area contributed by atoms with Gasteiger partial charge in [0.25, 0.3) is 5.91 Å². The highest BCUT2D eigenvalue weighted by Crippen LogP contribution is 2.33. The Morgan fingerprint density at radius 2 is 1.64 bits per heavy atom. The molecule has 1 aliphatic carbocycles. The van der Waals surface area contributed by atoms with Crippen molar-refractivity contribution in [1.82, 2.24) is 5.32 Å². The molecule has 3 aromatic rings. The number of fused-ring (bicyclic) bond motifs is 1. The molecule has 0 unspecified atom stereocenters. The average molecular weight is 392 g/mol. The van der Waals surface area contributed by atoms with Crippen molar-refractivity contribution in [2.45, 2.75) is 64.3 Å². The summed E-state index contributed by atoms with van der Waals surface area (Å²) in [6, 6.07) is 17.4. The van der Waals surface area contributed by atoms with Crippen molar-refractivity contribution in [3.8, 4) is 0 Å². The van der Waals surface area contributed by atoms with Crippen LogP contribution < -0.4 is 5.32 Å². The lowest BCUT2D eigenvalue weighted by Crippen LogP contribution is -2.35. The number of benzene rings is 2. The molecule has 4 rings (SSSR count). The van der Waals surface area contributed by atoms with E-state index in [1.165, 1.54) is 58.9 Å². The Kier molecular flexibility index (Phi) is 6.11. The Bertz CT molecular complexity index is 933. The zero-order valence-corrected chi connectivity index (χ0v) is 17.5. The number of hydrogen-bond acceptors (Lipinski definition) is 2. The van der Waals surface area contributed by atoms with Crippen LogP contribution in [0.3, 0.4) is 0 Å². The van der Waals surface area contributed by atoms with Gasteiger partial charge in [0, 0.05) is 10.7 Å². The first-order chi connectivity index (χ1) is 13.7. The quantitative estimate of drug-likeness (QED) is 0.530. The van der Waals surface area contributed by atoms with Crippen LogP contribution in [0.15, 0.2) is 48.5 Å². The third kappa shape index (κ3) is 4.47. The van der Waals surface area contributed by atoms with E-state index in [1.807, 2.05) is 0 Å². The first kappa shape index (κ1) is 19.2. The third-order valence-corrected chi connectivity index (χ3v) is 7.06. The summed E-state index contributed by atoms with van der Waals surface area (Å²) in [4.78, 5) is 14.1. The zero-order valence-electron chi connectivity index (χ0n) is 16.7. The highest BCUT2D eigenvalue weighted by Gasteiger charge is 2.21. The predicted octanol–water partition coefficient (Wildman–Crippen LogP) is 6.64. The van der Waals surface area contributed by atoms with E-state index >= 15 is 0 Å². The molecule has 0 saturated heterocycles. The SMILES string of the molecule is Cc1ccc(Cc2c(C(=O)NC3CCCCCCC3)sc3ccccc23)cc1. The van der Waals surface area contributed by atoms with E-state index in [4.69, 9.17) is 0 Å². The number of amides is 1. The van der Waals surface area contributed by atoms with Gasteiger partial charge in [-0.1, -0.05) is 80.1 Å². The summed E-state index contributed by atoms with van der Waals surface area (Å²) in [5.41, 5.74) is 3.70. The Morgan fingerprint density at radius 3 is 2.39 bits per heavy atom. The van der Waals surface area contributed by atoms with Crippen LogP contribution in [0.4, 0.5) is 0 Å². The second-order valence-electron chi connectivity index (χ2n) is 8.08. The van der Waals surface area contributed by atoms with Gasteiger partial charge in [0.2, 0.25) is 0 Å². The van der Waals surface area contributed by atoms with Gasteiger partial charge in [0.15, 0.2) is 0 Å². The van der Waals surface area contributed by atoms with Gasteiger partial charge in [-0.25, -0.2) is 0 Å². The molecule has 1 fully saturated rings. The lowest BCUT2D eigenvalue weighted by molar-refractivity contribution is 0.0934. The van der Waals surface area contributed by atoms with Crippen LogP contribution in [-0.4, -0.2) is 11.9 Å². The fourth-order valence-corrected chi connectivity index (χ4v) is 5.34. The number of carbonyl (C=O) groups is 1. The number of nitrogens with one attached hydrogen (secondary N) is 1. The van der Waals surface area contributed by atoms with Crippen LogP contribution in [-0.2, 0) is 6.42 Å². The smallest absolute Gasteiger partial charge is 0.261 e. The molecule has 146 valence electrons. The number of carbonyl (C=O) groups excluding carboxylic acids is 1. The van der Waals surface area contributed by atoms with Gasteiger partial charge in [-0.05, 0) is 48.8 Å². The molecule has 2 nitrogen and oxygen atoms in total. The maximum atomic E-state index is 13.2. The Labute approximate surface area is 172 Å². The van der Waals surface area contributed by atoms with E-state index in [1.54, 1.807) is 11.3 Å². The van der Waals surface area contributed by atoms with Gasteiger partial charge in [-0.15, -0.1) is 11.3 Å². The lowest BCUT2D eigenvalue weighted by atomic mass is 9.96. The molecular weight excluding hydrogens is 362 g/mol. The maximum Gasteiger partial charge on any atom is 0.261 e. The molecule has 1 saturated carbocycles. The van der Waals surface area contributed by atoms with Crippen molar-refractivity contribution in [2.75, 3.05) is 0 Å². The molecule has 3 heteroatoms. The van der Waals surface area contributed by atoms with Crippen LogP contribution >= 0.6 is 11.3 Å². The normalized spacial score (nSPS) is 15.9. The average Bonchev–Trinajstić information content (AvgIpc) is 3.04. The molecule has 1 N–H and O–H groups in total. The summed E-state index contributed by atoms with van der Waals surface area (Å²) < 4.78 is 1.20. The van der Waals surface area contributed by atoms with Crippen molar-refractivity contribution in [3.05, 3.63) is 70.1 Å². The highest BCUT2D eigenvalue weighted by atomic mass is 32.1. The van der Waals surface area contributed by atoms with Crippen molar-refractivity contribution in [3.63, 3.8) is 0 Å². The summed E-state index contributed by atoms with van der Waals surface area (Å²) in [5.74, 6) is 0.119. The minimum Gasteiger partial charge on any atom is -0.349 e. The minimum atomic E-state index is 0.119. The second kappa shape index (κ2) is 8.91. The fraction of sp³-hybridized carbons (Fsp3) is 0.400. The zero-order chi connectivity index (χ0) is 19.3. The van der Waals surface area contributed by atoms with Gasteiger partial charge in [-0.3, -0.25) is 4.79 Å². The standard InChI is InChI=1S/C25H29NOS/c1-18-13-15-19(16-14-18)17-22-21-11-7-8-12-23(21)28-24(22)25(27)26-20-9-5-3-2-4-6-10-20/h7-8,11-16,20H,2-6,9-10,17H2,1H3,(H,26,27). The molecule has 1 aliphatic rings. The van der Waals surface area contributed by atoms with Gasteiger partial charge in [0.05, 0.1) is 4.88 Å². The third-order valence-electron chi connectivity index (χ3n) is 5.85. The topological polar surface area (TPSA) is 29.1 Å². The molecule has 0 spiro atoms. The minimum absolute atomic E-state index is 0.119. The van der Waals surface area contributed by atoms with Crippen molar-refractivity contribution >= 4 is 27.3 Å². The first-order valence-electron chi connectivity index (χ1n) is 10.6. The summed E-state index contributed by atoms with van der Waals surface area (Å²) in [6.07, 6.45) is 9.44. The fourth-order valence-electron chi connectivity index (χ4n) is 4.22. The number of hydrogen-bond donors (Lipinski definition) is 1. The van der Waals surface area contributed by atoms with Crippen molar-refractivity contribution in [1.29, 1.82) is 0 Å². The van der Waals surface area contributed by atoms with Crippen LogP contribution in [0.2, 0.25) is 0 Å². The molecule has 1 heterocycles. The molecule has 0 bridgehead atoms. The molecule has 28 heavy (non-hydrogen) atoms. The van der Waals surface area contributed by atoms with E-state index in [-0.39, 0.29) is 5.91 Å². The summed E-state index contributed by atoms with van der Waals surface area (Å²) in [7, 11) is 0. The Morgan fingerprint density at radius 1 is 0.964 bits per heavy atom. The number of thiophene rings is 1. The van der Waals surface area contributed by atoms with E-state index in [9.17, 15) is 4.79 Å². The summed E-state index contributed by atoms with van der Waals surface area (Å²) in [6.45, 7) is 2.11. The molecule has 2 aromatic carbocycles. The number of aryl methyl sites for hydroxylation is 1. The van der Waals surface area contributed by atoms with E-state index < -0.39 is 0 Å². The maximum absolute atomic E-state index is 13.2. The second-order valence-corrected chi connectivity index (χ2v) is 9.14. The van der Waals surface area contributed by atoms with E-state index in [0.29, 0.717) is 6.04 Å². The largest absolute Gasteiger partial charge is 0.349 e. The Balaban J connectivity index is 1.61. The first-order valence-corrected chi connectivity index (χ1v) is 11.4. The Hall–Kier alpha value is -2.13. The van der Waals surface area contributed by atoms with Gasteiger partial charge >= 0.3 is 0 Å². The van der Waals surface area contributed by atoms with Gasteiger partial charge < -0.3 is 5.32 Å². The summed E-state index contributed by atoms with van der Waals surface area (Å²) >= 11 is 1.64. The van der Waals surface area contributed by atoms with Crippen LogP contribution in [0, 0.1) is 6.92 Å². The van der Waals surface area contributed by atoms with Gasteiger partial charge in [-0.2, -0.15) is 0 Å². The van der Waals surface area contributed by atoms with Crippen LogP contribution in [0.1, 0.15) is 71.3 Å². The lowest BCUT2D eigenvalue weighted by Gasteiger charge is -2.21. The van der Waals surface area contributed by atoms with Crippen LogP contribution in [0.25, 0.3) is 10.1 Å². The van der Waals surface area contributed by atoms with Crippen molar-refractivity contribution < 1.29 is 4.79 Å². The molecule has 0 radical (unpaired) electrons.